The maximum absolute atomic E-state index is 11.9. The normalized spacial score (nSPS) is 16.0. The predicted molar refractivity (Wildman–Crippen MR) is 111 cm³/mol. The molecule has 26 heavy (non-hydrogen) atoms. The van der Waals surface area contributed by atoms with Crippen molar-refractivity contribution in [2.75, 3.05) is 5.32 Å². The lowest BCUT2D eigenvalue weighted by molar-refractivity contribution is 1.03. The Morgan fingerprint density at radius 2 is 1.62 bits per heavy atom. The van der Waals surface area contributed by atoms with E-state index in [1.54, 1.807) is 24.3 Å². The van der Waals surface area contributed by atoms with Crippen LogP contribution in [0.4, 0.5) is 5.82 Å². The average Bonchev–Trinajstić information content (AvgIpc) is 2.94. The van der Waals surface area contributed by atoms with Crippen molar-refractivity contribution in [1.82, 2.24) is 4.98 Å². The summed E-state index contributed by atoms with van der Waals surface area (Å²) in [7, 11) is 0. The van der Waals surface area contributed by atoms with Gasteiger partial charge in [0.15, 0.2) is 0 Å². The highest BCUT2D eigenvalue weighted by Gasteiger charge is 2.27. The van der Waals surface area contributed by atoms with Crippen LogP contribution in [0.1, 0.15) is 21.9 Å². The van der Waals surface area contributed by atoms with Crippen LogP contribution in [0.25, 0.3) is 5.70 Å². The Morgan fingerprint density at radius 3 is 2.31 bits per heavy atom. The van der Waals surface area contributed by atoms with Gasteiger partial charge in [0.05, 0.1) is 9.90 Å². The third-order valence-electron chi connectivity index (χ3n) is 4.07. The summed E-state index contributed by atoms with van der Waals surface area (Å²) < 4.78 is 0. The number of H-pyrrole nitrogens is 1. The summed E-state index contributed by atoms with van der Waals surface area (Å²) in [5, 5.41) is 5.40. The lowest BCUT2D eigenvalue weighted by atomic mass is 9.92. The van der Waals surface area contributed by atoms with Crippen molar-refractivity contribution in [1.29, 1.82) is 0 Å². The first-order valence-corrected chi connectivity index (χ1v) is 9.87. The Morgan fingerprint density at radius 1 is 0.923 bits per heavy atom. The zero-order valence-corrected chi connectivity index (χ0v) is 16.8. The number of aromatic nitrogens is 1. The fourth-order valence-electron chi connectivity index (χ4n) is 2.92. The second-order valence-corrected chi connectivity index (χ2v) is 8.43. The summed E-state index contributed by atoms with van der Waals surface area (Å²) in [6.45, 7) is 0. The number of thiazole rings is 1. The third kappa shape index (κ3) is 3.28. The van der Waals surface area contributed by atoms with E-state index in [1.807, 2.05) is 18.2 Å². The molecule has 1 aliphatic heterocycles. The summed E-state index contributed by atoms with van der Waals surface area (Å²) in [6.07, 6.45) is 2.00. The number of fused-ring (bicyclic) bond motifs is 1. The monoisotopic (exact) mass is 442 g/mol. The molecule has 2 aromatic carbocycles. The molecule has 2 N–H and O–H groups in total. The number of hydrogen-bond donors (Lipinski definition) is 2. The van der Waals surface area contributed by atoms with E-state index in [2.05, 4.69) is 10.3 Å². The molecule has 0 saturated carbocycles. The number of aromatic amines is 1. The molecule has 0 aliphatic carbocycles. The standard InChI is InChI=1S/C18H10Cl4N2OS/c19-8-1-3-10(13(21)5-8)12-7-15(11-4-2-9(20)6-14(11)22)23-17-16(12)26-18(25)24-17/h1-7,12,23H,(H,24,25). The zero-order valence-electron chi connectivity index (χ0n) is 12.9. The molecule has 132 valence electrons. The molecule has 2 heterocycles. The van der Waals surface area contributed by atoms with Gasteiger partial charge in [-0.1, -0.05) is 63.8 Å². The van der Waals surface area contributed by atoms with Crippen LogP contribution >= 0.6 is 57.7 Å². The molecule has 1 aliphatic rings. The fraction of sp³-hybridized carbons (Fsp3) is 0.0556. The quantitative estimate of drug-likeness (QED) is 0.465. The first-order chi connectivity index (χ1) is 12.4. The van der Waals surface area contributed by atoms with E-state index in [4.69, 9.17) is 46.4 Å². The number of allylic oxidation sites excluding steroid dienone is 1. The SMILES string of the molecule is O=c1[nH]c2c(s1)C(c1ccc(Cl)cc1Cl)C=C(c1ccc(Cl)cc1Cl)N2. The Kier molecular flexibility index (Phi) is 4.80. The molecule has 0 amide bonds. The van der Waals surface area contributed by atoms with Crippen LogP contribution in [-0.2, 0) is 0 Å². The highest BCUT2D eigenvalue weighted by molar-refractivity contribution is 7.10. The highest BCUT2D eigenvalue weighted by Crippen LogP contribution is 2.43. The van der Waals surface area contributed by atoms with Crippen molar-refractivity contribution in [3.63, 3.8) is 0 Å². The highest BCUT2D eigenvalue weighted by atomic mass is 35.5. The van der Waals surface area contributed by atoms with Gasteiger partial charge in [-0.3, -0.25) is 9.78 Å². The number of nitrogens with one attached hydrogen (secondary N) is 2. The van der Waals surface area contributed by atoms with Crippen molar-refractivity contribution in [2.24, 2.45) is 0 Å². The smallest absolute Gasteiger partial charge is 0.306 e. The number of benzene rings is 2. The second kappa shape index (κ2) is 6.95. The van der Waals surface area contributed by atoms with Gasteiger partial charge in [0, 0.05) is 32.2 Å². The molecule has 3 aromatic rings. The molecule has 8 heteroatoms. The van der Waals surface area contributed by atoms with Crippen LogP contribution in [0.3, 0.4) is 0 Å². The molecule has 0 spiro atoms. The van der Waals surface area contributed by atoms with Gasteiger partial charge in [0.25, 0.3) is 0 Å². The largest absolute Gasteiger partial charge is 0.340 e. The van der Waals surface area contributed by atoms with E-state index >= 15 is 0 Å². The van der Waals surface area contributed by atoms with Crippen LogP contribution < -0.4 is 10.2 Å². The van der Waals surface area contributed by atoms with Gasteiger partial charge in [-0.05, 0) is 42.0 Å². The lowest BCUT2D eigenvalue weighted by Crippen LogP contribution is -2.12. The Labute approximate surface area is 173 Å². The molecule has 0 radical (unpaired) electrons. The topological polar surface area (TPSA) is 44.9 Å². The van der Waals surface area contributed by atoms with Crippen LogP contribution in [0.15, 0.2) is 47.3 Å². The van der Waals surface area contributed by atoms with E-state index in [0.717, 1.165) is 33.0 Å². The van der Waals surface area contributed by atoms with Gasteiger partial charge in [0.2, 0.25) is 0 Å². The number of anilines is 1. The van der Waals surface area contributed by atoms with Gasteiger partial charge in [-0.2, -0.15) is 0 Å². The van der Waals surface area contributed by atoms with Gasteiger partial charge in [0.1, 0.15) is 5.82 Å². The van der Waals surface area contributed by atoms with E-state index in [9.17, 15) is 4.79 Å². The van der Waals surface area contributed by atoms with Crippen LogP contribution in [0.5, 0.6) is 0 Å². The van der Waals surface area contributed by atoms with E-state index < -0.39 is 0 Å². The number of rotatable bonds is 2. The first-order valence-electron chi connectivity index (χ1n) is 7.54. The molecule has 0 fully saturated rings. The molecule has 1 unspecified atom stereocenters. The molecule has 0 bridgehead atoms. The van der Waals surface area contributed by atoms with E-state index in [0.29, 0.717) is 25.9 Å². The molecule has 3 nitrogen and oxygen atoms in total. The third-order valence-corrected chi connectivity index (χ3v) is 6.15. The minimum Gasteiger partial charge on any atom is -0.340 e. The molecule has 1 aromatic heterocycles. The summed E-state index contributed by atoms with van der Waals surface area (Å²) in [6, 6.07) is 10.6. The predicted octanol–water partition coefficient (Wildman–Crippen LogP) is 6.65. The summed E-state index contributed by atoms with van der Waals surface area (Å²) in [5.41, 5.74) is 2.41. The van der Waals surface area contributed by atoms with Crippen LogP contribution in [0.2, 0.25) is 20.1 Å². The van der Waals surface area contributed by atoms with Crippen molar-refractivity contribution >= 4 is 69.3 Å². The Bertz CT molecular complexity index is 1100. The molecule has 0 saturated heterocycles. The second-order valence-electron chi connectivity index (χ2n) is 5.73. The van der Waals surface area contributed by atoms with Crippen LogP contribution in [-0.4, -0.2) is 4.98 Å². The van der Waals surface area contributed by atoms with E-state index in [1.165, 1.54) is 0 Å². The summed E-state index contributed by atoms with van der Waals surface area (Å²) >= 11 is 26.0. The number of halogens is 4. The first kappa shape index (κ1) is 18.0. The van der Waals surface area contributed by atoms with Crippen molar-refractivity contribution in [3.05, 3.63) is 88.2 Å². The maximum Gasteiger partial charge on any atom is 0.306 e. The summed E-state index contributed by atoms with van der Waals surface area (Å²) in [4.78, 5) is 15.5. The van der Waals surface area contributed by atoms with Crippen molar-refractivity contribution < 1.29 is 0 Å². The molecule has 1 atom stereocenters. The average molecular weight is 444 g/mol. The molecular formula is C18H10Cl4N2OS. The molecule has 4 rings (SSSR count). The fourth-order valence-corrected chi connectivity index (χ4v) is 4.84. The minimum atomic E-state index is -0.207. The lowest BCUT2D eigenvalue weighted by Gasteiger charge is -2.24. The van der Waals surface area contributed by atoms with Gasteiger partial charge >= 0.3 is 4.87 Å². The van der Waals surface area contributed by atoms with Crippen molar-refractivity contribution in [2.45, 2.75) is 5.92 Å². The van der Waals surface area contributed by atoms with Crippen molar-refractivity contribution in [3.8, 4) is 0 Å². The van der Waals surface area contributed by atoms with Gasteiger partial charge in [-0.25, -0.2) is 0 Å². The Balaban J connectivity index is 1.89. The maximum atomic E-state index is 11.9. The Hall–Kier alpha value is -1.43. The van der Waals surface area contributed by atoms with Gasteiger partial charge in [-0.15, -0.1) is 0 Å². The minimum absolute atomic E-state index is 0.144. The zero-order chi connectivity index (χ0) is 18.4. The van der Waals surface area contributed by atoms with Crippen LogP contribution in [0, 0.1) is 0 Å². The molecular weight excluding hydrogens is 434 g/mol. The van der Waals surface area contributed by atoms with E-state index in [-0.39, 0.29) is 10.8 Å². The summed E-state index contributed by atoms with van der Waals surface area (Å²) in [5.74, 6) is 0.432. The number of hydrogen-bond acceptors (Lipinski definition) is 3. The van der Waals surface area contributed by atoms with Gasteiger partial charge < -0.3 is 5.32 Å².